The molecule has 0 spiro atoms. The summed E-state index contributed by atoms with van der Waals surface area (Å²) in [5.41, 5.74) is 19.8. The molecule has 0 saturated carbocycles. The molecule has 5 aromatic carbocycles. The molecule has 35 nitrogen and oxygen atoms in total. The maximum absolute atomic E-state index is 14.4. The van der Waals surface area contributed by atoms with Crippen molar-refractivity contribution in [3.8, 4) is 45.3 Å². The number of amides is 6. The number of hydrogen-bond donors (Lipinski definition) is 2. The van der Waals surface area contributed by atoms with Crippen molar-refractivity contribution >= 4 is 70.7 Å². The van der Waals surface area contributed by atoms with Gasteiger partial charge in [-0.1, -0.05) is 51.3 Å². The Morgan fingerprint density at radius 2 is 0.725 bits per heavy atom. The van der Waals surface area contributed by atoms with Gasteiger partial charge in [0.25, 0.3) is 5.69 Å². The van der Waals surface area contributed by atoms with E-state index in [2.05, 4.69) is 51.3 Å². The number of nitrogens with two attached hydrogens (primary N) is 1. The number of carbonyl (C=O) groups is 6. The molecule has 18 rings (SSSR count). The van der Waals surface area contributed by atoms with Gasteiger partial charge in [-0.2, -0.15) is 4.90 Å². The van der Waals surface area contributed by atoms with E-state index in [1.807, 2.05) is 78.2 Å². The third kappa shape index (κ3) is 30.7. The first-order valence-corrected chi connectivity index (χ1v) is 46.2. The molecule has 6 amide bonds. The number of anilines is 2. The Morgan fingerprint density at radius 3 is 1.10 bits per heavy atom. The van der Waals surface area contributed by atoms with Gasteiger partial charge in [0.15, 0.2) is 0 Å². The minimum absolute atomic E-state index is 0. The molecule has 0 bridgehead atoms. The molecular formula is C107H110ClF6N17O18. The first-order valence-electron chi connectivity index (χ1n) is 45.6. The van der Waals surface area contributed by atoms with E-state index in [-0.39, 0.29) is 108 Å². The Kier molecular flexibility index (Phi) is 39.3. The summed E-state index contributed by atoms with van der Waals surface area (Å²) in [4.78, 5) is 138. The summed E-state index contributed by atoms with van der Waals surface area (Å²) in [6.07, 6.45) is 5.34. The van der Waals surface area contributed by atoms with Gasteiger partial charge in [-0.3, -0.25) is 69.5 Å². The normalized spacial score (nSPS) is 12.6. The smallest absolute Gasteiger partial charge is 0.430 e. The number of ether oxygens (including phenoxy) is 8. The average Bonchev–Trinajstić information content (AvgIpc) is 1.78. The molecule has 13 heterocycles. The van der Waals surface area contributed by atoms with Crippen LogP contribution in [0.3, 0.4) is 0 Å². The van der Waals surface area contributed by atoms with E-state index in [1.54, 1.807) is 115 Å². The Hall–Kier alpha value is -16.2. The van der Waals surface area contributed by atoms with Gasteiger partial charge in [0.05, 0.1) is 125 Å². The Bertz CT molecular complexity index is 6970. The van der Waals surface area contributed by atoms with Crippen LogP contribution in [0.4, 0.5) is 68.4 Å². The van der Waals surface area contributed by atoms with E-state index in [0.29, 0.717) is 114 Å². The van der Waals surface area contributed by atoms with Gasteiger partial charge < -0.3 is 58.7 Å². The Morgan fingerprint density at radius 1 is 0.403 bits per heavy atom. The largest absolute Gasteiger partial charge is 0.444 e. The third-order valence-electron chi connectivity index (χ3n) is 22.5. The Balaban J connectivity index is 0.000000174. The number of carbonyl (C=O) groups excluding carboxylic acids is 6. The highest BCUT2D eigenvalue weighted by Gasteiger charge is 2.38. The summed E-state index contributed by atoms with van der Waals surface area (Å²) in [5, 5.41) is 26.5. The van der Waals surface area contributed by atoms with Crippen LogP contribution in [0.1, 0.15) is 152 Å². The molecule has 8 aromatic heterocycles. The zero-order valence-electron chi connectivity index (χ0n) is 81.5. The lowest BCUT2D eigenvalue weighted by Gasteiger charge is -2.24. The number of nitrogens with zero attached hydrogens (tertiary/aromatic N) is 15. The highest BCUT2D eigenvalue weighted by Crippen LogP contribution is 2.37. The number of aromatic nitrogens is 8. The SMILES string of the molecule is C.C.CC(C)(C)OC(=O)N1Cc2cnc(CCl)cc2C1.COCc1cc2c(cn1)CN(C(=O)Cc1nc(-c3ccc(F)cc3F)ccc1N)C2.COCc1cc2c(cn1)CN(C(=O)Cc1nc(-c3ccc(F)cc3F)ccc1[N+](=O)[O-])C2.COCc1cc2c(cn1)CN(C(=O)OC(C)(C)C)C2.COCc1cc2c(cn1)CNC2.O=C(Oc1ccccc1)N(C(=O)Oc1ccccc1)c1nc(-c2ccc(F)cc2F)ccc1[N+](=O)[O-]. The van der Waals surface area contributed by atoms with Crippen LogP contribution in [-0.4, -0.2) is 145 Å². The van der Waals surface area contributed by atoms with E-state index in [9.17, 15) is 75.3 Å². The average molecular weight is 2070 g/mol. The molecule has 0 unspecified atom stereocenters. The highest BCUT2D eigenvalue weighted by atomic mass is 35.5. The van der Waals surface area contributed by atoms with Gasteiger partial charge in [0.1, 0.15) is 63.3 Å². The van der Waals surface area contributed by atoms with Crippen molar-refractivity contribution < 1.29 is 103 Å². The summed E-state index contributed by atoms with van der Waals surface area (Å²) >= 11 is 5.75. The molecule has 149 heavy (non-hydrogen) atoms. The number of para-hydroxylation sites is 2. The van der Waals surface area contributed by atoms with Crippen LogP contribution in [0.2, 0.25) is 0 Å². The van der Waals surface area contributed by atoms with Crippen LogP contribution in [-0.2, 0) is 149 Å². The van der Waals surface area contributed by atoms with Crippen molar-refractivity contribution in [2.75, 3.05) is 39.1 Å². The van der Waals surface area contributed by atoms with Crippen LogP contribution >= 0.6 is 11.6 Å². The van der Waals surface area contributed by atoms with Gasteiger partial charge in [-0.25, -0.2) is 55.5 Å². The van der Waals surface area contributed by atoms with E-state index in [1.165, 1.54) is 59.7 Å². The number of nitrogens with one attached hydrogen (secondary N) is 1. The molecule has 13 aromatic rings. The molecule has 3 N–H and O–H groups in total. The molecule has 0 fully saturated rings. The topological polar surface area (TPSA) is 420 Å². The molecule has 5 aliphatic rings. The van der Waals surface area contributed by atoms with Crippen molar-refractivity contribution in [3.63, 3.8) is 0 Å². The number of nitro groups is 2. The second-order valence-electron chi connectivity index (χ2n) is 35.7. The quantitative estimate of drug-likeness (QED) is 0.0292. The highest BCUT2D eigenvalue weighted by molar-refractivity contribution is 6.17. The fourth-order valence-corrected chi connectivity index (χ4v) is 15.7. The van der Waals surface area contributed by atoms with Crippen molar-refractivity contribution in [3.05, 3.63) is 364 Å². The number of halogens is 7. The third-order valence-corrected chi connectivity index (χ3v) is 22.7. The second kappa shape index (κ2) is 51.7. The number of hydrogen-bond acceptors (Lipinski definition) is 28. The standard InChI is InChI=1S/C25H15F2N3O6.C22H18F2N4O4.C22H20F2N4O2.C14H20N2O3.C13H17ClN2O2.C9H12N2O.2CH4/c26-16-11-12-19(20(27)15-16)21-13-14-22(30(33)34)23(28-21)29(24(31)35-17-7-3-1-4-8-17)25(32)36-18-9-5-2-6-10-18;1-32-12-16-6-13-10-27(11-14(13)9-25-16)22(29)8-20-21(28(30)31)5-4-19(26-20)17-3-2-15(23)7-18(17)24;1-30-12-16-6-13-10-28(11-14(13)9-26-16)22(29)8-21-19(25)4-5-20(27-21)17-3-2-15(23)7-18(17)24;1-14(2,3)19-13(17)16-7-10-5-12(9-18-4)15-6-11(10)8-16;1-13(2,3)18-12(17)16-7-9-4-11(5-14)15-6-10(9)8-16;1-12-6-9-2-7-3-10-4-8(7)5-11-9;;/h1-15H;2-7,9H,8,10-12H2,1H3;2-7,9H,8,10-12,25H2,1H3;5-6H,7-9H2,1-4H3;4,6H,5,7-8H2,1-3H3;2,5,10H,3-4,6H2,1H3;2*1H4. The zero-order valence-corrected chi connectivity index (χ0v) is 82.3. The van der Waals surface area contributed by atoms with E-state index in [4.69, 9.17) is 55.2 Å². The lowest BCUT2D eigenvalue weighted by atomic mass is 10.1. The van der Waals surface area contributed by atoms with Crippen molar-refractivity contribution in [1.29, 1.82) is 0 Å². The lowest BCUT2D eigenvalue weighted by Crippen LogP contribution is -2.42. The van der Waals surface area contributed by atoms with E-state index >= 15 is 0 Å². The number of benzene rings is 5. The number of methoxy groups -OCH3 is 4. The fourth-order valence-electron chi connectivity index (χ4n) is 15.6. The summed E-state index contributed by atoms with van der Waals surface area (Å²) < 4.78 is 124. The van der Waals surface area contributed by atoms with Gasteiger partial charge in [0, 0.05) is 159 Å². The van der Waals surface area contributed by atoms with Gasteiger partial charge >= 0.3 is 30.1 Å². The predicted molar refractivity (Wildman–Crippen MR) is 538 cm³/mol. The summed E-state index contributed by atoms with van der Waals surface area (Å²) in [5.74, 6) is -5.69. The second-order valence-corrected chi connectivity index (χ2v) is 36.0. The Labute approximate surface area is 860 Å². The maximum Gasteiger partial charge on any atom is 0.430 e. The summed E-state index contributed by atoms with van der Waals surface area (Å²) in [7, 11) is 6.50. The van der Waals surface area contributed by atoms with Gasteiger partial charge in [-0.15, -0.1) is 11.6 Å². The van der Waals surface area contributed by atoms with Crippen LogP contribution < -0.4 is 25.4 Å². The number of fused-ring (bicyclic) bond motifs is 5. The summed E-state index contributed by atoms with van der Waals surface area (Å²) in [6, 6.07) is 41.6. The molecular weight excluding hydrogens is 1960 g/mol. The monoisotopic (exact) mass is 2070 g/mol. The predicted octanol–water partition coefficient (Wildman–Crippen LogP) is 20.6. The van der Waals surface area contributed by atoms with Crippen LogP contribution in [0, 0.1) is 55.1 Å². The van der Waals surface area contributed by atoms with Crippen molar-refractivity contribution in [2.24, 2.45) is 0 Å². The number of pyridine rings is 8. The first kappa shape index (κ1) is 113. The zero-order chi connectivity index (χ0) is 106. The molecule has 0 atom stereocenters. The maximum atomic E-state index is 14.4. The van der Waals surface area contributed by atoms with Gasteiger partial charge in [0.2, 0.25) is 17.6 Å². The number of alkyl halides is 1. The summed E-state index contributed by atoms with van der Waals surface area (Å²) in [6.45, 7) is 18.8. The lowest BCUT2D eigenvalue weighted by molar-refractivity contribution is -0.385. The minimum Gasteiger partial charge on any atom is -0.444 e. The van der Waals surface area contributed by atoms with E-state index in [0.717, 1.165) is 129 Å². The van der Waals surface area contributed by atoms with Crippen molar-refractivity contribution in [2.45, 2.75) is 178 Å². The molecule has 0 saturated heterocycles. The minimum atomic E-state index is -1.37. The number of imide groups is 1. The number of rotatable bonds is 21. The van der Waals surface area contributed by atoms with Crippen LogP contribution in [0.15, 0.2) is 213 Å². The molecule has 42 heteroatoms. The molecule has 5 aliphatic heterocycles. The van der Waals surface area contributed by atoms with Crippen molar-refractivity contribution in [1.82, 2.24) is 64.8 Å². The van der Waals surface area contributed by atoms with Crippen LogP contribution in [0.25, 0.3) is 33.8 Å². The van der Waals surface area contributed by atoms with Crippen LogP contribution in [0.5, 0.6) is 11.5 Å². The van der Waals surface area contributed by atoms with E-state index < -0.39 is 79.6 Å². The molecule has 780 valence electrons. The number of nitrogen functional groups attached to an aromatic ring is 1. The molecule has 0 aliphatic carbocycles. The molecule has 0 radical (unpaired) electrons. The fraction of sp³-hybridized carbons (Fsp3) is 0.290. The van der Waals surface area contributed by atoms with Gasteiger partial charge in [-0.05, 0) is 212 Å². The first-order chi connectivity index (χ1) is 70.3.